The molecule has 1 heterocycles. The van der Waals surface area contributed by atoms with Crippen LogP contribution in [0.25, 0.3) is 0 Å². The van der Waals surface area contributed by atoms with Crippen molar-refractivity contribution in [3.8, 4) is 5.06 Å². The molecular weight excluding hydrogens is 286 g/mol. The van der Waals surface area contributed by atoms with Gasteiger partial charge in [-0.25, -0.2) is 0 Å². The van der Waals surface area contributed by atoms with E-state index in [2.05, 4.69) is 34.2 Å². The SMILES string of the molecule is COc1sc(CNCC2(C)CCC2)cc1Br. The molecule has 4 heteroatoms. The van der Waals surface area contributed by atoms with Crippen molar-refractivity contribution in [3.05, 3.63) is 15.4 Å². The summed E-state index contributed by atoms with van der Waals surface area (Å²) in [6, 6.07) is 2.14. The van der Waals surface area contributed by atoms with E-state index in [1.54, 1.807) is 18.4 Å². The Kier molecular flexibility index (Phi) is 3.93. The summed E-state index contributed by atoms with van der Waals surface area (Å²) in [5.41, 5.74) is 0.554. The van der Waals surface area contributed by atoms with Crippen molar-refractivity contribution >= 4 is 27.3 Å². The molecule has 2 nitrogen and oxygen atoms in total. The van der Waals surface area contributed by atoms with Crippen molar-refractivity contribution in [1.82, 2.24) is 5.32 Å². The van der Waals surface area contributed by atoms with Gasteiger partial charge in [-0.3, -0.25) is 0 Å². The molecule has 0 aliphatic heterocycles. The van der Waals surface area contributed by atoms with Crippen LogP contribution in [0.3, 0.4) is 0 Å². The van der Waals surface area contributed by atoms with E-state index in [1.807, 2.05) is 0 Å². The highest BCUT2D eigenvalue weighted by Crippen LogP contribution is 2.39. The summed E-state index contributed by atoms with van der Waals surface area (Å²) in [5.74, 6) is 0. The second-order valence-electron chi connectivity index (χ2n) is 4.82. The molecule has 1 aliphatic rings. The van der Waals surface area contributed by atoms with E-state index < -0.39 is 0 Å². The minimum absolute atomic E-state index is 0.554. The van der Waals surface area contributed by atoms with E-state index >= 15 is 0 Å². The van der Waals surface area contributed by atoms with Crippen LogP contribution in [0.4, 0.5) is 0 Å². The lowest BCUT2D eigenvalue weighted by molar-refractivity contribution is 0.156. The summed E-state index contributed by atoms with van der Waals surface area (Å²) >= 11 is 5.20. The first-order valence-electron chi connectivity index (χ1n) is 5.66. The lowest BCUT2D eigenvalue weighted by Gasteiger charge is -2.38. The van der Waals surface area contributed by atoms with Crippen molar-refractivity contribution < 1.29 is 4.74 Å². The third-order valence-electron chi connectivity index (χ3n) is 3.30. The fourth-order valence-corrected chi connectivity index (χ4v) is 3.73. The average Bonchev–Trinajstić information content (AvgIpc) is 2.56. The number of hydrogen-bond acceptors (Lipinski definition) is 3. The molecule has 0 unspecified atom stereocenters. The molecule has 16 heavy (non-hydrogen) atoms. The molecule has 1 saturated carbocycles. The molecule has 0 radical (unpaired) electrons. The van der Waals surface area contributed by atoms with Crippen LogP contribution >= 0.6 is 27.3 Å². The largest absolute Gasteiger partial charge is 0.486 e. The lowest BCUT2D eigenvalue weighted by Crippen LogP contribution is -2.36. The third kappa shape index (κ3) is 2.79. The summed E-state index contributed by atoms with van der Waals surface area (Å²) in [4.78, 5) is 1.33. The molecule has 0 aromatic carbocycles. The zero-order chi connectivity index (χ0) is 11.6. The topological polar surface area (TPSA) is 21.3 Å². The molecule has 2 rings (SSSR count). The van der Waals surface area contributed by atoms with Gasteiger partial charge in [0.25, 0.3) is 0 Å². The minimum atomic E-state index is 0.554. The number of rotatable bonds is 5. The summed E-state index contributed by atoms with van der Waals surface area (Å²) in [6.07, 6.45) is 4.14. The first kappa shape index (κ1) is 12.4. The van der Waals surface area contributed by atoms with E-state index in [9.17, 15) is 0 Å². The number of ether oxygens (including phenoxy) is 1. The summed E-state index contributed by atoms with van der Waals surface area (Å²) in [7, 11) is 1.71. The van der Waals surface area contributed by atoms with Gasteiger partial charge in [-0.05, 0) is 40.3 Å². The number of hydrogen-bond donors (Lipinski definition) is 1. The monoisotopic (exact) mass is 303 g/mol. The maximum Gasteiger partial charge on any atom is 0.188 e. The Morgan fingerprint density at radius 2 is 2.31 bits per heavy atom. The molecule has 0 atom stereocenters. The van der Waals surface area contributed by atoms with E-state index in [0.29, 0.717) is 5.41 Å². The third-order valence-corrected chi connectivity index (χ3v) is 5.25. The van der Waals surface area contributed by atoms with Gasteiger partial charge in [0.05, 0.1) is 11.6 Å². The van der Waals surface area contributed by atoms with E-state index in [1.165, 1.54) is 24.1 Å². The van der Waals surface area contributed by atoms with Gasteiger partial charge in [0.1, 0.15) is 0 Å². The van der Waals surface area contributed by atoms with Crippen LogP contribution < -0.4 is 10.1 Å². The second-order valence-corrected chi connectivity index (χ2v) is 6.77. The second kappa shape index (κ2) is 5.07. The van der Waals surface area contributed by atoms with Crippen LogP contribution in [0.1, 0.15) is 31.1 Å². The Bertz CT molecular complexity index is 360. The van der Waals surface area contributed by atoms with E-state index in [0.717, 1.165) is 22.6 Å². The maximum absolute atomic E-state index is 5.25. The van der Waals surface area contributed by atoms with Crippen LogP contribution in [0.2, 0.25) is 0 Å². The fourth-order valence-electron chi connectivity index (χ4n) is 2.07. The van der Waals surface area contributed by atoms with Crippen molar-refractivity contribution in [2.24, 2.45) is 5.41 Å². The average molecular weight is 304 g/mol. The molecule has 1 fully saturated rings. The van der Waals surface area contributed by atoms with Crippen molar-refractivity contribution in [1.29, 1.82) is 0 Å². The predicted octanol–water partition coefficient (Wildman–Crippen LogP) is 3.80. The Hall–Kier alpha value is -0.0600. The summed E-state index contributed by atoms with van der Waals surface area (Å²) in [5, 5.41) is 4.51. The normalized spacial score (nSPS) is 18.2. The Labute approximate surface area is 110 Å². The van der Waals surface area contributed by atoms with Gasteiger partial charge < -0.3 is 10.1 Å². The highest BCUT2D eigenvalue weighted by Gasteiger charge is 2.30. The van der Waals surface area contributed by atoms with Gasteiger partial charge >= 0.3 is 0 Å². The first-order valence-corrected chi connectivity index (χ1v) is 7.27. The van der Waals surface area contributed by atoms with Crippen molar-refractivity contribution in [3.63, 3.8) is 0 Å². The van der Waals surface area contributed by atoms with Crippen LogP contribution in [0.15, 0.2) is 10.5 Å². The smallest absolute Gasteiger partial charge is 0.188 e. The molecule has 90 valence electrons. The zero-order valence-electron chi connectivity index (χ0n) is 9.81. The van der Waals surface area contributed by atoms with Crippen LogP contribution in [0.5, 0.6) is 5.06 Å². The lowest BCUT2D eigenvalue weighted by atomic mass is 9.70. The Balaban J connectivity index is 1.80. The first-order chi connectivity index (χ1) is 7.63. The maximum atomic E-state index is 5.25. The van der Waals surface area contributed by atoms with Crippen LogP contribution in [-0.4, -0.2) is 13.7 Å². The van der Waals surface area contributed by atoms with Crippen LogP contribution in [0, 0.1) is 5.41 Å². The number of nitrogens with one attached hydrogen (secondary N) is 1. The number of methoxy groups -OCH3 is 1. The Morgan fingerprint density at radius 1 is 1.56 bits per heavy atom. The molecule has 1 N–H and O–H groups in total. The molecule has 1 aromatic rings. The van der Waals surface area contributed by atoms with E-state index in [4.69, 9.17) is 4.74 Å². The zero-order valence-corrected chi connectivity index (χ0v) is 12.2. The summed E-state index contributed by atoms with van der Waals surface area (Å²) < 4.78 is 6.31. The fraction of sp³-hybridized carbons (Fsp3) is 0.667. The van der Waals surface area contributed by atoms with Crippen LogP contribution in [-0.2, 0) is 6.54 Å². The molecule has 0 spiro atoms. The predicted molar refractivity (Wildman–Crippen MR) is 72.2 cm³/mol. The molecule has 0 amide bonds. The van der Waals surface area contributed by atoms with Crippen molar-refractivity contribution in [2.45, 2.75) is 32.7 Å². The quantitative estimate of drug-likeness (QED) is 0.893. The standard InChI is InChI=1S/C12H18BrNOS/c1-12(4-3-5-12)8-14-7-9-6-10(13)11(15-2)16-9/h6,14H,3-5,7-8H2,1-2H3. The van der Waals surface area contributed by atoms with Gasteiger partial charge in [-0.2, -0.15) is 0 Å². The van der Waals surface area contributed by atoms with Gasteiger partial charge in [0.2, 0.25) is 0 Å². The highest BCUT2D eigenvalue weighted by molar-refractivity contribution is 9.10. The highest BCUT2D eigenvalue weighted by atomic mass is 79.9. The van der Waals surface area contributed by atoms with Crippen molar-refractivity contribution in [2.75, 3.05) is 13.7 Å². The van der Waals surface area contributed by atoms with E-state index in [-0.39, 0.29) is 0 Å². The molecule has 0 bridgehead atoms. The molecule has 1 aromatic heterocycles. The number of halogens is 1. The molecular formula is C12H18BrNOS. The summed E-state index contributed by atoms with van der Waals surface area (Å²) in [6.45, 7) is 4.45. The Morgan fingerprint density at radius 3 is 2.81 bits per heavy atom. The minimum Gasteiger partial charge on any atom is -0.486 e. The molecule has 1 aliphatic carbocycles. The van der Waals surface area contributed by atoms with Gasteiger partial charge in [0.15, 0.2) is 5.06 Å². The number of thiophene rings is 1. The van der Waals surface area contributed by atoms with Gasteiger partial charge in [-0.15, -0.1) is 11.3 Å². The van der Waals surface area contributed by atoms with Gasteiger partial charge in [-0.1, -0.05) is 13.3 Å². The van der Waals surface area contributed by atoms with Gasteiger partial charge in [0, 0.05) is 18.0 Å². The molecule has 0 saturated heterocycles.